The molecule has 3 aromatic carbocycles. The number of para-hydroxylation sites is 2. The first kappa shape index (κ1) is 20.8. The first-order valence-electron chi connectivity index (χ1n) is 9.11. The summed E-state index contributed by atoms with van der Waals surface area (Å²) in [6.07, 6.45) is 0. The van der Waals surface area contributed by atoms with Gasteiger partial charge in [-0.3, -0.25) is 9.52 Å². The highest BCUT2D eigenvalue weighted by Gasteiger charge is 2.13. The monoisotopic (exact) mass is 453 g/mol. The lowest BCUT2D eigenvalue weighted by Crippen LogP contribution is -2.24. The highest BCUT2D eigenvalue weighted by atomic mass is 35.5. The van der Waals surface area contributed by atoms with Crippen LogP contribution in [0.1, 0.15) is 10.4 Å². The Labute approximate surface area is 186 Å². The van der Waals surface area contributed by atoms with Crippen LogP contribution in [0.25, 0.3) is 22.6 Å². The zero-order valence-electron chi connectivity index (χ0n) is 16.2. The minimum Gasteiger partial charge on any atom is -0.495 e. The Morgan fingerprint density at radius 3 is 2.55 bits per heavy atom. The van der Waals surface area contributed by atoms with E-state index in [-0.39, 0.29) is 5.12 Å². The second-order valence-corrected chi connectivity index (χ2v) is 7.55. The summed E-state index contributed by atoms with van der Waals surface area (Å²) < 4.78 is 13.2. The van der Waals surface area contributed by atoms with Gasteiger partial charge in [-0.05, 0) is 54.6 Å². The van der Waals surface area contributed by atoms with Crippen molar-refractivity contribution in [1.82, 2.24) is 9.71 Å². The van der Waals surface area contributed by atoms with Crippen LogP contribution in [-0.4, -0.2) is 23.2 Å². The summed E-state index contributed by atoms with van der Waals surface area (Å²) in [5.74, 6) is 0.965. The van der Waals surface area contributed by atoms with Gasteiger partial charge in [-0.15, -0.1) is 0 Å². The number of carbonyl (C=O) groups is 2. The molecule has 0 unspecified atom stereocenters. The van der Waals surface area contributed by atoms with Gasteiger partial charge in [-0.25, -0.2) is 9.78 Å². The number of carbonyl (C=O) groups excluding carboxylic acids is 2. The van der Waals surface area contributed by atoms with Crippen molar-refractivity contribution in [3.8, 4) is 17.2 Å². The van der Waals surface area contributed by atoms with Crippen molar-refractivity contribution >= 4 is 51.5 Å². The van der Waals surface area contributed by atoms with Crippen molar-refractivity contribution in [3.63, 3.8) is 0 Å². The third-order valence-corrected chi connectivity index (χ3v) is 5.31. The van der Waals surface area contributed by atoms with E-state index in [1.165, 1.54) is 13.2 Å². The molecule has 2 amide bonds. The van der Waals surface area contributed by atoms with Gasteiger partial charge in [0.25, 0.3) is 0 Å². The van der Waals surface area contributed by atoms with Gasteiger partial charge in [-0.1, -0.05) is 23.7 Å². The normalized spacial score (nSPS) is 10.6. The van der Waals surface area contributed by atoms with E-state index >= 15 is 0 Å². The molecule has 7 nitrogen and oxygen atoms in total. The predicted octanol–water partition coefficient (Wildman–Crippen LogP) is 5.77. The summed E-state index contributed by atoms with van der Waals surface area (Å²) in [6, 6.07) is 18.6. The van der Waals surface area contributed by atoms with Crippen LogP contribution >= 0.6 is 23.5 Å². The van der Waals surface area contributed by atoms with Crippen LogP contribution in [0.2, 0.25) is 5.02 Å². The molecule has 2 N–H and O–H groups in total. The molecule has 0 aliphatic rings. The van der Waals surface area contributed by atoms with Crippen LogP contribution in [0.4, 0.5) is 10.5 Å². The molecule has 0 spiro atoms. The molecule has 31 heavy (non-hydrogen) atoms. The summed E-state index contributed by atoms with van der Waals surface area (Å²) in [6.45, 7) is 0. The highest BCUT2D eigenvalue weighted by molar-refractivity contribution is 8.12. The van der Waals surface area contributed by atoms with Gasteiger partial charge in [0.1, 0.15) is 11.3 Å². The van der Waals surface area contributed by atoms with E-state index in [1.54, 1.807) is 36.4 Å². The zero-order chi connectivity index (χ0) is 21.8. The largest absolute Gasteiger partial charge is 0.495 e. The number of oxazole rings is 1. The van der Waals surface area contributed by atoms with E-state index in [1.807, 2.05) is 24.3 Å². The molecule has 0 saturated carbocycles. The van der Waals surface area contributed by atoms with E-state index in [2.05, 4.69) is 15.0 Å². The van der Waals surface area contributed by atoms with Crippen LogP contribution in [-0.2, 0) is 0 Å². The minimum atomic E-state index is -0.535. The van der Waals surface area contributed by atoms with E-state index < -0.39 is 6.03 Å². The van der Waals surface area contributed by atoms with Crippen LogP contribution < -0.4 is 14.8 Å². The number of nitrogens with zero attached hydrogens (tertiary/aromatic N) is 1. The van der Waals surface area contributed by atoms with E-state index in [0.29, 0.717) is 45.4 Å². The number of halogens is 1. The van der Waals surface area contributed by atoms with Crippen molar-refractivity contribution in [1.29, 1.82) is 0 Å². The predicted molar refractivity (Wildman–Crippen MR) is 122 cm³/mol. The summed E-state index contributed by atoms with van der Waals surface area (Å²) in [5.41, 5.74) is 3.16. The number of fused-ring (bicyclic) bond motifs is 1. The molecule has 0 fully saturated rings. The molecule has 1 heterocycles. The standard InChI is InChI=1S/C22H16ClN3O4S/c1-29-18-11-8-14(12-16(18)23)21(27)31-26-22(28)24-15-9-6-13(7-10-15)20-25-17-4-2-3-5-19(17)30-20/h2-12H,1H3,(H2,24,26,28). The second kappa shape index (κ2) is 9.11. The highest BCUT2D eigenvalue weighted by Crippen LogP contribution is 2.27. The Kier molecular flexibility index (Phi) is 6.11. The molecule has 9 heteroatoms. The number of nitrogens with one attached hydrogen (secondary N) is 2. The maximum absolute atomic E-state index is 12.2. The number of hydrogen-bond acceptors (Lipinski definition) is 6. The van der Waals surface area contributed by atoms with Crippen molar-refractivity contribution in [3.05, 3.63) is 77.3 Å². The minimum absolute atomic E-state index is 0.317. The number of ether oxygens (including phenoxy) is 1. The fourth-order valence-electron chi connectivity index (χ4n) is 2.79. The molecule has 0 atom stereocenters. The van der Waals surface area contributed by atoms with E-state index in [4.69, 9.17) is 20.8 Å². The van der Waals surface area contributed by atoms with Gasteiger partial charge >= 0.3 is 6.03 Å². The molecule has 156 valence electrons. The quantitative estimate of drug-likeness (QED) is 0.381. The average Bonchev–Trinajstić information content (AvgIpc) is 3.22. The fraction of sp³-hybridized carbons (Fsp3) is 0.0455. The Balaban J connectivity index is 1.34. The molecule has 0 aliphatic heterocycles. The van der Waals surface area contributed by atoms with Crippen LogP contribution in [0.5, 0.6) is 5.75 Å². The van der Waals surface area contributed by atoms with Crippen LogP contribution in [0.15, 0.2) is 71.1 Å². The molecular formula is C22H16ClN3O4S. The lowest BCUT2D eigenvalue weighted by atomic mass is 10.2. The smallest absolute Gasteiger partial charge is 0.329 e. The van der Waals surface area contributed by atoms with E-state index in [9.17, 15) is 9.59 Å². The molecule has 4 rings (SSSR count). The van der Waals surface area contributed by atoms with Gasteiger partial charge in [0.05, 0.1) is 12.1 Å². The number of urea groups is 1. The molecule has 4 aromatic rings. The third-order valence-electron chi connectivity index (χ3n) is 4.31. The van der Waals surface area contributed by atoms with Gasteiger partial charge in [-0.2, -0.15) is 0 Å². The molecule has 0 bridgehead atoms. The van der Waals surface area contributed by atoms with Crippen LogP contribution in [0.3, 0.4) is 0 Å². The number of hydrogen-bond donors (Lipinski definition) is 2. The maximum atomic E-state index is 12.2. The lowest BCUT2D eigenvalue weighted by Gasteiger charge is -2.08. The number of benzene rings is 3. The van der Waals surface area contributed by atoms with Crippen LogP contribution in [0, 0.1) is 0 Å². The van der Waals surface area contributed by atoms with Gasteiger partial charge in [0, 0.05) is 28.8 Å². The van der Waals surface area contributed by atoms with Gasteiger partial charge in [0.15, 0.2) is 5.58 Å². The number of anilines is 1. The maximum Gasteiger partial charge on any atom is 0.329 e. The number of methoxy groups -OCH3 is 1. The summed E-state index contributed by atoms with van der Waals surface area (Å²) in [5, 5.41) is 2.62. The Morgan fingerprint density at radius 1 is 1.06 bits per heavy atom. The molecule has 0 radical (unpaired) electrons. The van der Waals surface area contributed by atoms with Gasteiger partial charge in [0.2, 0.25) is 11.0 Å². The summed E-state index contributed by atoms with van der Waals surface area (Å²) >= 11 is 6.68. The zero-order valence-corrected chi connectivity index (χ0v) is 17.8. The van der Waals surface area contributed by atoms with E-state index in [0.717, 1.165) is 11.1 Å². The Hall–Kier alpha value is -3.49. The number of amides is 2. The van der Waals surface area contributed by atoms with Crippen molar-refractivity contribution in [2.45, 2.75) is 0 Å². The molecular weight excluding hydrogens is 438 g/mol. The number of rotatable bonds is 4. The van der Waals surface area contributed by atoms with Crippen molar-refractivity contribution in [2.24, 2.45) is 0 Å². The topological polar surface area (TPSA) is 93.5 Å². The van der Waals surface area contributed by atoms with Gasteiger partial charge < -0.3 is 14.5 Å². The fourth-order valence-corrected chi connectivity index (χ4v) is 3.53. The summed E-state index contributed by atoms with van der Waals surface area (Å²) in [7, 11) is 1.49. The lowest BCUT2D eigenvalue weighted by molar-refractivity contribution is 0.108. The van der Waals surface area contributed by atoms with Crippen molar-refractivity contribution in [2.75, 3.05) is 12.4 Å². The Morgan fingerprint density at radius 2 is 1.84 bits per heavy atom. The average molecular weight is 454 g/mol. The molecule has 0 saturated heterocycles. The number of aromatic nitrogens is 1. The first-order valence-corrected chi connectivity index (χ1v) is 10.3. The molecule has 1 aromatic heterocycles. The Bertz CT molecular complexity index is 1220. The first-order chi connectivity index (χ1) is 15.0. The SMILES string of the molecule is COc1ccc(C(=O)SNC(=O)Nc2ccc(-c3nc4ccccc4o3)cc2)cc1Cl. The summed E-state index contributed by atoms with van der Waals surface area (Å²) in [4.78, 5) is 28.8. The third kappa shape index (κ3) is 4.82. The second-order valence-electron chi connectivity index (χ2n) is 6.36. The van der Waals surface area contributed by atoms with Crippen molar-refractivity contribution < 1.29 is 18.7 Å². The molecule has 0 aliphatic carbocycles.